The van der Waals surface area contributed by atoms with E-state index in [2.05, 4.69) is 5.32 Å². The van der Waals surface area contributed by atoms with Crippen molar-refractivity contribution in [1.29, 1.82) is 0 Å². The van der Waals surface area contributed by atoms with Gasteiger partial charge in [0.05, 0.1) is 24.8 Å². The van der Waals surface area contributed by atoms with Crippen molar-refractivity contribution in [3.8, 4) is 0 Å². The number of carbonyl (C=O) groups excluding carboxylic acids is 1. The highest BCUT2D eigenvalue weighted by Gasteiger charge is 2.23. The molecule has 0 radical (unpaired) electrons. The summed E-state index contributed by atoms with van der Waals surface area (Å²) in [5.41, 5.74) is 0.978. The van der Waals surface area contributed by atoms with Crippen molar-refractivity contribution in [3.05, 3.63) is 52.9 Å². The van der Waals surface area contributed by atoms with Gasteiger partial charge in [0.1, 0.15) is 12.3 Å². The number of nitrogens with zero attached hydrogens (tertiary/aromatic N) is 1. The highest BCUT2D eigenvalue weighted by Crippen LogP contribution is 2.27. The van der Waals surface area contributed by atoms with E-state index in [1.54, 1.807) is 37.3 Å². The average Bonchev–Trinajstić information content (AvgIpc) is 2.98. The maximum atomic E-state index is 12.1. The summed E-state index contributed by atoms with van der Waals surface area (Å²) < 4.78 is 30.2. The van der Waals surface area contributed by atoms with Crippen molar-refractivity contribution in [2.75, 3.05) is 17.1 Å². The summed E-state index contributed by atoms with van der Waals surface area (Å²) in [5.74, 6) is 0.148. The summed E-state index contributed by atoms with van der Waals surface area (Å²) in [6, 6.07) is 8.35. The molecule has 2 rings (SSSR count). The molecule has 1 aromatic carbocycles. The lowest BCUT2D eigenvalue weighted by atomic mass is 10.2. The van der Waals surface area contributed by atoms with E-state index in [-0.39, 0.29) is 13.1 Å². The number of amides is 1. The molecular formula is C15H17ClN2O4S. The molecule has 2 aromatic rings. The van der Waals surface area contributed by atoms with Gasteiger partial charge in [-0.1, -0.05) is 17.7 Å². The lowest BCUT2D eigenvalue weighted by Gasteiger charge is -2.24. The second-order valence-electron chi connectivity index (χ2n) is 5.01. The lowest BCUT2D eigenvalue weighted by Crippen LogP contribution is -2.40. The highest BCUT2D eigenvalue weighted by molar-refractivity contribution is 7.92. The highest BCUT2D eigenvalue weighted by atomic mass is 35.5. The van der Waals surface area contributed by atoms with E-state index in [1.807, 2.05) is 0 Å². The first-order valence-corrected chi connectivity index (χ1v) is 9.03. The maximum Gasteiger partial charge on any atom is 0.241 e. The molecule has 0 saturated heterocycles. The Morgan fingerprint density at radius 2 is 2.04 bits per heavy atom. The Morgan fingerprint density at radius 1 is 1.30 bits per heavy atom. The number of sulfonamides is 1. The monoisotopic (exact) mass is 356 g/mol. The third kappa shape index (κ3) is 4.49. The minimum absolute atomic E-state index is 0.192. The van der Waals surface area contributed by atoms with Crippen LogP contribution in [0.1, 0.15) is 11.3 Å². The Labute approximate surface area is 140 Å². The molecule has 0 aliphatic rings. The van der Waals surface area contributed by atoms with Crippen LogP contribution in [0.3, 0.4) is 0 Å². The van der Waals surface area contributed by atoms with Crippen LogP contribution in [-0.2, 0) is 21.4 Å². The Bertz CT molecular complexity index is 788. The molecule has 1 aromatic heterocycles. The van der Waals surface area contributed by atoms with E-state index in [0.29, 0.717) is 22.0 Å². The van der Waals surface area contributed by atoms with E-state index in [9.17, 15) is 13.2 Å². The normalized spacial score (nSPS) is 11.3. The number of nitrogens with one attached hydrogen (secondary N) is 1. The van der Waals surface area contributed by atoms with Crippen LogP contribution in [0.4, 0.5) is 5.69 Å². The van der Waals surface area contributed by atoms with Crippen LogP contribution in [-0.4, -0.2) is 27.1 Å². The summed E-state index contributed by atoms with van der Waals surface area (Å²) in [4.78, 5) is 12.1. The first-order chi connectivity index (χ1) is 10.8. The van der Waals surface area contributed by atoms with Crippen LogP contribution >= 0.6 is 11.6 Å². The number of rotatable bonds is 6. The second kappa shape index (κ2) is 7.06. The predicted molar refractivity (Wildman–Crippen MR) is 88.9 cm³/mol. The Morgan fingerprint density at radius 3 is 2.65 bits per heavy atom. The Kier molecular flexibility index (Phi) is 5.33. The van der Waals surface area contributed by atoms with Gasteiger partial charge < -0.3 is 9.73 Å². The van der Waals surface area contributed by atoms with Crippen molar-refractivity contribution in [2.24, 2.45) is 0 Å². The van der Waals surface area contributed by atoms with E-state index in [1.165, 1.54) is 6.26 Å². The van der Waals surface area contributed by atoms with Gasteiger partial charge in [-0.05, 0) is 36.8 Å². The summed E-state index contributed by atoms with van der Waals surface area (Å²) in [7, 11) is -3.63. The molecule has 1 N–H and O–H groups in total. The zero-order valence-corrected chi connectivity index (χ0v) is 14.3. The van der Waals surface area contributed by atoms with Gasteiger partial charge >= 0.3 is 0 Å². The van der Waals surface area contributed by atoms with Crippen molar-refractivity contribution < 1.29 is 17.6 Å². The van der Waals surface area contributed by atoms with Crippen LogP contribution in [0, 0.1) is 6.92 Å². The molecule has 8 heteroatoms. The molecule has 0 bridgehead atoms. The summed E-state index contributed by atoms with van der Waals surface area (Å²) in [6.07, 6.45) is 2.55. The molecule has 6 nitrogen and oxygen atoms in total. The van der Waals surface area contributed by atoms with Crippen molar-refractivity contribution in [2.45, 2.75) is 13.5 Å². The van der Waals surface area contributed by atoms with Gasteiger partial charge in [0.15, 0.2) is 0 Å². The Hall–Kier alpha value is -1.99. The molecule has 0 fully saturated rings. The Balaban J connectivity index is 2.16. The first-order valence-electron chi connectivity index (χ1n) is 6.81. The molecule has 0 unspecified atom stereocenters. The smallest absolute Gasteiger partial charge is 0.241 e. The van der Waals surface area contributed by atoms with E-state index >= 15 is 0 Å². The average molecular weight is 357 g/mol. The molecule has 0 aliphatic heterocycles. The molecule has 1 amide bonds. The topological polar surface area (TPSA) is 79.6 Å². The molecule has 124 valence electrons. The van der Waals surface area contributed by atoms with Gasteiger partial charge in [-0.2, -0.15) is 0 Å². The van der Waals surface area contributed by atoms with Gasteiger partial charge in [0.25, 0.3) is 0 Å². The molecule has 0 atom stereocenters. The number of hydrogen-bond donors (Lipinski definition) is 1. The summed E-state index contributed by atoms with van der Waals surface area (Å²) in [5, 5.41) is 3.06. The molecule has 23 heavy (non-hydrogen) atoms. The van der Waals surface area contributed by atoms with Gasteiger partial charge in [-0.15, -0.1) is 0 Å². The van der Waals surface area contributed by atoms with Crippen LogP contribution in [0.2, 0.25) is 5.02 Å². The van der Waals surface area contributed by atoms with Crippen molar-refractivity contribution in [1.82, 2.24) is 5.32 Å². The lowest BCUT2D eigenvalue weighted by molar-refractivity contribution is -0.119. The predicted octanol–water partition coefficient (Wildman–Crippen LogP) is 2.32. The van der Waals surface area contributed by atoms with Crippen LogP contribution in [0.5, 0.6) is 0 Å². The third-order valence-electron chi connectivity index (χ3n) is 3.24. The summed E-state index contributed by atoms with van der Waals surface area (Å²) in [6.45, 7) is 1.56. The standard InChI is InChI=1S/C15H17ClN2O4S/c1-11-13(16)6-3-7-14(11)18(23(2,20)21)10-15(19)17-9-12-5-4-8-22-12/h3-8H,9-10H2,1-2H3,(H,17,19). The fourth-order valence-corrected chi connectivity index (χ4v) is 3.11. The number of carbonyl (C=O) groups is 1. The van der Waals surface area contributed by atoms with Crippen molar-refractivity contribution >= 4 is 33.2 Å². The van der Waals surface area contributed by atoms with Gasteiger partial charge in [0, 0.05) is 5.02 Å². The summed E-state index contributed by atoms with van der Waals surface area (Å²) >= 11 is 6.04. The fraction of sp³-hybridized carbons (Fsp3) is 0.267. The minimum Gasteiger partial charge on any atom is -0.467 e. The number of anilines is 1. The fourth-order valence-electron chi connectivity index (χ4n) is 2.03. The van der Waals surface area contributed by atoms with Crippen LogP contribution in [0.15, 0.2) is 41.0 Å². The number of benzene rings is 1. The van der Waals surface area contributed by atoms with Gasteiger partial charge in [-0.3, -0.25) is 9.10 Å². The minimum atomic E-state index is -3.63. The molecule has 1 heterocycles. The van der Waals surface area contributed by atoms with E-state index in [0.717, 1.165) is 10.6 Å². The number of furan rings is 1. The molecule has 0 saturated carbocycles. The molecule has 0 spiro atoms. The number of hydrogen-bond acceptors (Lipinski definition) is 4. The maximum absolute atomic E-state index is 12.1. The largest absolute Gasteiger partial charge is 0.467 e. The van der Waals surface area contributed by atoms with E-state index in [4.69, 9.17) is 16.0 Å². The zero-order chi connectivity index (χ0) is 17.0. The zero-order valence-electron chi connectivity index (χ0n) is 12.7. The molecular weight excluding hydrogens is 340 g/mol. The third-order valence-corrected chi connectivity index (χ3v) is 4.77. The SMILES string of the molecule is Cc1c(Cl)cccc1N(CC(=O)NCc1ccco1)S(C)(=O)=O. The van der Waals surface area contributed by atoms with Crippen LogP contribution < -0.4 is 9.62 Å². The van der Waals surface area contributed by atoms with Crippen LogP contribution in [0.25, 0.3) is 0 Å². The first kappa shape index (κ1) is 17.4. The van der Waals surface area contributed by atoms with Crippen molar-refractivity contribution in [3.63, 3.8) is 0 Å². The van der Waals surface area contributed by atoms with E-state index < -0.39 is 15.9 Å². The quantitative estimate of drug-likeness (QED) is 0.861. The number of halogens is 1. The van der Waals surface area contributed by atoms with Gasteiger partial charge in [-0.25, -0.2) is 8.42 Å². The second-order valence-corrected chi connectivity index (χ2v) is 7.32. The molecule has 0 aliphatic carbocycles. The van der Waals surface area contributed by atoms with Gasteiger partial charge in [0.2, 0.25) is 15.9 Å².